The van der Waals surface area contributed by atoms with E-state index < -0.39 is 0 Å². The fourth-order valence-electron chi connectivity index (χ4n) is 2.32. The summed E-state index contributed by atoms with van der Waals surface area (Å²) >= 11 is 1.62. The Morgan fingerprint density at radius 2 is 2.05 bits per heavy atom. The summed E-state index contributed by atoms with van der Waals surface area (Å²) in [7, 11) is 0. The molecule has 0 radical (unpaired) electrons. The summed E-state index contributed by atoms with van der Waals surface area (Å²) < 4.78 is 0. The van der Waals surface area contributed by atoms with Crippen molar-refractivity contribution in [3.8, 4) is 5.75 Å². The SMILES string of the molecule is O=C(NCc1ccc(O)cc1)c1cc2c(s1)CCC2. The highest BCUT2D eigenvalue weighted by atomic mass is 32.1. The average molecular weight is 273 g/mol. The van der Waals surface area contributed by atoms with Crippen LogP contribution in [0.4, 0.5) is 0 Å². The van der Waals surface area contributed by atoms with Gasteiger partial charge in [0, 0.05) is 11.4 Å². The normalized spacial score (nSPS) is 13.3. The van der Waals surface area contributed by atoms with Gasteiger partial charge in [0.25, 0.3) is 5.91 Å². The van der Waals surface area contributed by atoms with Crippen molar-refractivity contribution in [2.75, 3.05) is 0 Å². The highest BCUT2D eigenvalue weighted by molar-refractivity contribution is 7.14. The average Bonchev–Trinajstić information content (AvgIpc) is 2.98. The van der Waals surface area contributed by atoms with E-state index in [1.807, 2.05) is 18.2 Å². The zero-order chi connectivity index (χ0) is 13.2. The third-order valence-corrected chi connectivity index (χ3v) is 4.60. The number of aryl methyl sites for hydroxylation is 2. The smallest absolute Gasteiger partial charge is 0.261 e. The van der Waals surface area contributed by atoms with E-state index in [2.05, 4.69) is 5.32 Å². The quantitative estimate of drug-likeness (QED) is 0.903. The Kier molecular flexibility index (Phi) is 3.25. The molecule has 0 aliphatic heterocycles. The van der Waals surface area contributed by atoms with E-state index in [0.29, 0.717) is 6.54 Å². The predicted molar refractivity (Wildman–Crippen MR) is 75.6 cm³/mol. The van der Waals surface area contributed by atoms with Crippen molar-refractivity contribution in [2.45, 2.75) is 25.8 Å². The Labute approximate surface area is 115 Å². The van der Waals surface area contributed by atoms with Gasteiger partial charge in [-0.25, -0.2) is 0 Å². The third kappa shape index (κ3) is 2.63. The molecule has 1 aliphatic carbocycles. The molecule has 3 nitrogen and oxygen atoms in total. The molecule has 19 heavy (non-hydrogen) atoms. The lowest BCUT2D eigenvalue weighted by atomic mass is 10.2. The van der Waals surface area contributed by atoms with E-state index in [-0.39, 0.29) is 11.7 Å². The number of rotatable bonds is 3. The van der Waals surface area contributed by atoms with E-state index in [0.717, 1.165) is 23.3 Å². The summed E-state index contributed by atoms with van der Waals surface area (Å²) in [5, 5.41) is 12.1. The number of amides is 1. The van der Waals surface area contributed by atoms with Crippen LogP contribution in [0.2, 0.25) is 0 Å². The molecule has 0 bridgehead atoms. The minimum absolute atomic E-state index is 0.00697. The van der Waals surface area contributed by atoms with E-state index >= 15 is 0 Å². The highest BCUT2D eigenvalue weighted by Crippen LogP contribution is 2.30. The molecule has 2 aromatic rings. The fourth-order valence-corrected chi connectivity index (χ4v) is 3.49. The van der Waals surface area contributed by atoms with Gasteiger partial charge in [0.05, 0.1) is 4.88 Å². The van der Waals surface area contributed by atoms with Gasteiger partial charge in [-0.3, -0.25) is 4.79 Å². The van der Waals surface area contributed by atoms with Crippen molar-refractivity contribution < 1.29 is 9.90 Å². The zero-order valence-electron chi connectivity index (χ0n) is 10.5. The first-order valence-electron chi connectivity index (χ1n) is 6.40. The van der Waals surface area contributed by atoms with E-state index in [1.165, 1.54) is 16.9 Å². The third-order valence-electron chi connectivity index (χ3n) is 3.36. The molecule has 0 unspecified atom stereocenters. The standard InChI is InChI=1S/C15H15NO2S/c17-12-6-4-10(5-7-12)9-16-15(18)14-8-11-2-1-3-13(11)19-14/h4-8,17H,1-3,9H2,(H,16,18). The van der Waals surface area contributed by atoms with Crippen LogP contribution in [0.15, 0.2) is 30.3 Å². The Bertz CT molecular complexity index is 580. The highest BCUT2D eigenvalue weighted by Gasteiger charge is 2.18. The molecule has 1 aliphatic rings. The molecule has 98 valence electrons. The number of hydrogen-bond acceptors (Lipinski definition) is 3. The monoisotopic (exact) mass is 273 g/mol. The zero-order valence-corrected chi connectivity index (χ0v) is 11.3. The van der Waals surface area contributed by atoms with Gasteiger partial charge in [0.15, 0.2) is 0 Å². The van der Waals surface area contributed by atoms with Crippen LogP contribution in [-0.2, 0) is 19.4 Å². The van der Waals surface area contributed by atoms with Gasteiger partial charge in [-0.15, -0.1) is 11.3 Å². The van der Waals surface area contributed by atoms with Crippen LogP contribution in [0.1, 0.15) is 32.1 Å². The maximum Gasteiger partial charge on any atom is 0.261 e. The molecule has 0 fully saturated rings. The molecule has 0 atom stereocenters. The molecule has 0 saturated heterocycles. The Morgan fingerprint density at radius 1 is 1.26 bits per heavy atom. The molecule has 1 aromatic heterocycles. The van der Waals surface area contributed by atoms with Crippen molar-refractivity contribution in [2.24, 2.45) is 0 Å². The van der Waals surface area contributed by atoms with Crippen LogP contribution in [0, 0.1) is 0 Å². The van der Waals surface area contributed by atoms with Crippen LogP contribution < -0.4 is 5.32 Å². The Hall–Kier alpha value is -1.81. The number of benzene rings is 1. The number of thiophene rings is 1. The van der Waals surface area contributed by atoms with Crippen LogP contribution in [0.25, 0.3) is 0 Å². The maximum atomic E-state index is 12.0. The lowest BCUT2D eigenvalue weighted by Crippen LogP contribution is -2.21. The molecule has 0 saturated carbocycles. The van der Waals surface area contributed by atoms with Crippen molar-refractivity contribution in [3.05, 3.63) is 51.2 Å². The van der Waals surface area contributed by atoms with Gasteiger partial charge in [-0.2, -0.15) is 0 Å². The van der Waals surface area contributed by atoms with Crippen molar-refractivity contribution in [1.82, 2.24) is 5.32 Å². The number of carbonyl (C=O) groups is 1. The summed E-state index contributed by atoms with van der Waals surface area (Å²) in [5.74, 6) is 0.234. The summed E-state index contributed by atoms with van der Waals surface area (Å²) in [6.45, 7) is 0.488. The van der Waals surface area contributed by atoms with Gasteiger partial charge in [-0.1, -0.05) is 12.1 Å². The van der Waals surface area contributed by atoms with E-state index in [4.69, 9.17) is 0 Å². The van der Waals surface area contributed by atoms with Crippen LogP contribution in [-0.4, -0.2) is 11.0 Å². The second-order valence-corrected chi connectivity index (χ2v) is 5.90. The summed E-state index contributed by atoms with van der Waals surface area (Å²) in [6, 6.07) is 8.90. The minimum Gasteiger partial charge on any atom is -0.508 e. The van der Waals surface area contributed by atoms with Gasteiger partial charge in [0.2, 0.25) is 0 Å². The van der Waals surface area contributed by atoms with Gasteiger partial charge in [0.1, 0.15) is 5.75 Å². The first-order valence-corrected chi connectivity index (χ1v) is 7.22. The van der Waals surface area contributed by atoms with Crippen molar-refractivity contribution >= 4 is 17.2 Å². The second-order valence-electron chi connectivity index (χ2n) is 4.76. The molecule has 2 N–H and O–H groups in total. The lowest BCUT2D eigenvalue weighted by molar-refractivity contribution is 0.0955. The number of carbonyl (C=O) groups excluding carboxylic acids is 1. The fraction of sp³-hybridized carbons (Fsp3) is 0.267. The summed E-state index contributed by atoms with van der Waals surface area (Å²) in [5.41, 5.74) is 2.33. The van der Waals surface area contributed by atoms with Crippen molar-refractivity contribution in [1.29, 1.82) is 0 Å². The lowest BCUT2D eigenvalue weighted by Gasteiger charge is -2.04. The van der Waals surface area contributed by atoms with E-state index in [9.17, 15) is 9.90 Å². The van der Waals surface area contributed by atoms with Crippen LogP contribution in [0.3, 0.4) is 0 Å². The Balaban J connectivity index is 1.63. The van der Waals surface area contributed by atoms with Crippen LogP contribution >= 0.6 is 11.3 Å². The molecule has 1 heterocycles. The maximum absolute atomic E-state index is 12.0. The number of hydrogen-bond donors (Lipinski definition) is 2. The summed E-state index contributed by atoms with van der Waals surface area (Å²) in [6.07, 6.45) is 3.44. The number of fused-ring (bicyclic) bond motifs is 1. The first kappa shape index (κ1) is 12.2. The number of phenolic OH excluding ortho intramolecular Hbond substituents is 1. The molecular weight excluding hydrogens is 258 g/mol. The largest absolute Gasteiger partial charge is 0.508 e. The molecular formula is C15H15NO2S. The van der Waals surface area contributed by atoms with Gasteiger partial charge >= 0.3 is 0 Å². The Morgan fingerprint density at radius 3 is 2.79 bits per heavy atom. The topological polar surface area (TPSA) is 49.3 Å². The van der Waals surface area contributed by atoms with E-state index in [1.54, 1.807) is 23.5 Å². The summed E-state index contributed by atoms with van der Waals surface area (Å²) in [4.78, 5) is 14.2. The molecule has 1 aromatic carbocycles. The van der Waals surface area contributed by atoms with Gasteiger partial charge < -0.3 is 10.4 Å². The number of phenols is 1. The molecule has 1 amide bonds. The molecule has 3 rings (SSSR count). The predicted octanol–water partition coefficient (Wildman–Crippen LogP) is 2.87. The first-order chi connectivity index (χ1) is 9.22. The number of aromatic hydroxyl groups is 1. The second kappa shape index (κ2) is 5.05. The van der Waals surface area contributed by atoms with Gasteiger partial charge in [-0.05, 0) is 48.6 Å². The molecule has 4 heteroatoms. The number of nitrogens with one attached hydrogen (secondary N) is 1. The van der Waals surface area contributed by atoms with Crippen molar-refractivity contribution in [3.63, 3.8) is 0 Å². The van der Waals surface area contributed by atoms with Crippen LogP contribution in [0.5, 0.6) is 5.75 Å². The minimum atomic E-state index is -0.00697. The molecule has 0 spiro atoms.